The molecule has 0 radical (unpaired) electrons. The fourth-order valence-corrected chi connectivity index (χ4v) is 2.78. The van der Waals surface area contributed by atoms with Crippen molar-refractivity contribution in [3.63, 3.8) is 0 Å². The number of aromatic hydroxyl groups is 1. The standard InChI is InChI=1S/C18H19FN2O3/c1-12-3-2-4-16(22)17(12)18(23)20-13-5-6-14(19)15(11-13)21-7-9-24-10-8-21/h2-6,11,22H,7-10H2,1H3,(H,20,23). The van der Waals surface area contributed by atoms with E-state index in [0.717, 1.165) is 0 Å². The molecule has 6 heteroatoms. The van der Waals surface area contributed by atoms with Gasteiger partial charge >= 0.3 is 0 Å². The highest BCUT2D eigenvalue weighted by Crippen LogP contribution is 2.26. The highest BCUT2D eigenvalue weighted by molar-refractivity contribution is 6.07. The molecule has 24 heavy (non-hydrogen) atoms. The van der Waals surface area contributed by atoms with Gasteiger partial charge < -0.3 is 20.1 Å². The molecule has 0 atom stereocenters. The minimum Gasteiger partial charge on any atom is -0.507 e. The number of phenols is 1. The topological polar surface area (TPSA) is 61.8 Å². The van der Waals surface area contributed by atoms with Crippen LogP contribution < -0.4 is 10.2 Å². The number of rotatable bonds is 3. The molecule has 0 saturated carbocycles. The van der Waals surface area contributed by atoms with Crippen LogP contribution in [0.3, 0.4) is 0 Å². The summed E-state index contributed by atoms with van der Waals surface area (Å²) in [5, 5.41) is 12.6. The molecule has 1 fully saturated rings. The lowest BCUT2D eigenvalue weighted by Crippen LogP contribution is -2.36. The fraction of sp³-hybridized carbons (Fsp3) is 0.278. The maximum Gasteiger partial charge on any atom is 0.259 e. The number of benzene rings is 2. The Morgan fingerprint density at radius 3 is 2.71 bits per heavy atom. The van der Waals surface area contributed by atoms with Crippen molar-refractivity contribution in [1.82, 2.24) is 0 Å². The van der Waals surface area contributed by atoms with E-state index in [9.17, 15) is 14.3 Å². The number of nitrogens with one attached hydrogen (secondary N) is 1. The highest BCUT2D eigenvalue weighted by Gasteiger charge is 2.18. The van der Waals surface area contributed by atoms with Crippen LogP contribution >= 0.6 is 0 Å². The zero-order valence-corrected chi connectivity index (χ0v) is 13.4. The number of carbonyl (C=O) groups is 1. The number of nitrogens with zero attached hydrogens (tertiary/aromatic N) is 1. The van der Waals surface area contributed by atoms with Crippen molar-refractivity contribution in [3.05, 3.63) is 53.3 Å². The number of hydrogen-bond acceptors (Lipinski definition) is 4. The maximum atomic E-state index is 14.1. The molecule has 2 N–H and O–H groups in total. The van der Waals surface area contributed by atoms with Crippen LogP contribution in [-0.4, -0.2) is 37.3 Å². The summed E-state index contributed by atoms with van der Waals surface area (Å²) in [5.74, 6) is -0.846. The van der Waals surface area contributed by atoms with Crippen molar-refractivity contribution in [1.29, 1.82) is 0 Å². The Kier molecular flexibility index (Phi) is 4.66. The summed E-state index contributed by atoms with van der Waals surface area (Å²) in [4.78, 5) is 14.3. The van der Waals surface area contributed by atoms with E-state index < -0.39 is 5.91 Å². The summed E-state index contributed by atoms with van der Waals surface area (Å²) >= 11 is 0. The molecule has 126 valence electrons. The average Bonchev–Trinajstić information content (AvgIpc) is 2.57. The summed E-state index contributed by atoms with van der Waals surface area (Å²) in [6, 6.07) is 9.33. The second kappa shape index (κ2) is 6.88. The van der Waals surface area contributed by atoms with Gasteiger partial charge in [-0.1, -0.05) is 12.1 Å². The van der Waals surface area contributed by atoms with Crippen LogP contribution in [0.15, 0.2) is 36.4 Å². The van der Waals surface area contributed by atoms with E-state index in [1.54, 1.807) is 25.1 Å². The molecular weight excluding hydrogens is 311 g/mol. The normalized spacial score (nSPS) is 14.5. The van der Waals surface area contributed by atoms with Gasteiger partial charge in [0.1, 0.15) is 11.6 Å². The summed E-state index contributed by atoms with van der Waals surface area (Å²) < 4.78 is 19.4. The van der Waals surface area contributed by atoms with Crippen LogP contribution in [0.1, 0.15) is 15.9 Å². The molecular formula is C18H19FN2O3. The number of phenolic OH excluding ortho intramolecular Hbond substituents is 1. The second-order valence-corrected chi connectivity index (χ2v) is 5.69. The molecule has 3 rings (SSSR count). The number of carbonyl (C=O) groups excluding carboxylic acids is 1. The lowest BCUT2D eigenvalue weighted by Gasteiger charge is -2.29. The lowest BCUT2D eigenvalue weighted by molar-refractivity contribution is 0.102. The zero-order chi connectivity index (χ0) is 17.1. The number of hydrogen-bond donors (Lipinski definition) is 2. The van der Waals surface area contributed by atoms with E-state index in [2.05, 4.69) is 5.32 Å². The van der Waals surface area contributed by atoms with Crippen molar-refractivity contribution in [2.75, 3.05) is 36.5 Å². The highest BCUT2D eigenvalue weighted by atomic mass is 19.1. The number of ether oxygens (including phenoxy) is 1. The summed E-state index contributed by atoms with van der Waals surface area (Å²) in [6.45, 7) is 4.05. The van der Waals surface area contributed by atoms with Gasteiger partial charge in [-0.2, -0.15) is 0 Å². The van der Waals surface area contributed by atoms with Crippen LogP contribution in [0, 0.1) is 12.7 Å². The first kappa shape index (κ1) is 16.3. The predicted octanol–water partition coefficient (Wildman–Crippen LogP) is 2.93. The van der Waals surface area contributed by atoms with E-state index in [4.69, 9.17) is 4.74 Å². The SMILES string of the molecule is Cc1cccc(O)c1C(=O)Nc1ccc(F)c(N2CCOCC2)c1. The summed E-state index contributed by atoms with van der Waals surface area (Å²) in [7, 11) is 0. The van der Waals surface area contributed by atoms with E-state index in [1.165, 1.54) is 18.2 Å². The average molecular weight is 330 g/mol. The molecule has 2 aromatic rings. The van der Waals surface area contributed by atoms with Crippen molar-refractivity contribution in [2.45, 2.75) is 6.92 Å². The van der Waals surface area contributed by atoms with Crippen molar-refractivity contribution < 1.29 is 19.0 Å². The Morgan fingerprint density at radius 1 is 1.25 bits per heavy atom. The first-order chi connectivity index (χ1) is 11.6. The van der Waals surface area contributed by atoms with Gasteiger partial charge in [0, 0.05) is 18.8 Å². The van der Waals surface area contributed by atoms with Gasteiger partial charge in [0.05, 0.1) is 24.5 Å². The lowest BCUT2D eigenvalue weighted by atomic mass is 10.1. The van der Waals surface area contributed by atoms with Crippen LogP contribution in [0.4, 0.5) is 15.8 Å². The third kappa shape index (κ3) is 3.33. The van der Waals surface area contributed by atoms with Crippen LogP contribution in [0.5, 0.6) is 5.75 Å². The molecule has 2 aromatic carbocycles. The van der Waals surface area contributed by atoms with Gasteiger partial charge in [0.25, 0.3) is 5.91 Å². The molecule has 1 amide bonds. The molecule has 1 aliphatic rings. The maximum absolute atomic E-state index is 14.1. The third-order valence-electron chi connectivity index (χ3n) is 4.03. The van der Waals surface area contributed by atoms with Gasteiger partial charge in [0.2, 0.25) is 0 Å². The second-order valence-electron chi connectivity index (χ2n) is 5.69. The molecule has 0 aliphatic carbocycles. The number of aryl methyl sites for hydroxylation is 1. The molecule has 0 unspecified atom stereocenters. The van der Waals surface area contributed by atoms with Gasteiger partial charge in [-0.05, 0) is 36.8 Å². The fourth-order valence-electron chi connectivity index (χ4n) is 2.78. The van der Waals surface area contributed by atoms with E-state index in [0.29, 0.717) is 43.2 Å². The Labute approximate surface area is 139 Å². The monoisotopic (exact) mass is 330 g/mol. The quantitative estimate of drug-likeness (QED) is 0.908. The predicted molar refractivity (Wildman–Crippen MR) is 90.2 cm³/mol. The van der Waals surface area contributed by atoms with Gasteiger partial charge in [0.15, 0.2) is 0 Å². The van der Waals surface area contributed by atoms with E-state index >= 15 is 0 Å². The Morgan fingerprint density at radius 2 is 2.00 bits per heavy atom. The molecule has 0 aromatic heterocycles. The molecule has 0 bridgehead atoms. The largest absolute Gasteiger partial charge is 0.507 e. The first-order valence-corrected chi connectivity index (χ1v) is 7.78. The molecule has 5 nitrogen and oxygen atoms in total. The zero-order valence-electron chi connectivity index (χ0n) is 13.4. The van der Waals surface area contributed by atoms with Crippen molar-refractivity contribution in [3.8, 4) is 5.75 Å². The summed E-state index contributed by atoms with van der Waals surface area (Å²) in [5.41, 5.74) is 1.80. The smallest absolute Gasteiger partial charge is 0.259 e. The number of morpholine rings is 1. The minimum atomic E-state index is -0.426. The van der Waals surface area contributed by atoms with Crippen molar-refractivity contribution in [2.24, 2.45) is 0 Å². The van der Waals surface area contributed by atoms with Crippen LogP contribution in [0.2, 0.25) is 0 Å². The van der Waals surface area contributed by atoms with Crippen molar-refractivity contribution >= 4 is 17.3 Å². The van der Waals surface area contributed by atoms with E-state index in [1.807, 2.05) is 4.90 Å². The molecule has 1 aliphatic heterocycles. The van der Waals surface area contributed by atoms with Gasteiger partial charge in [-0.15, -0.1) is 0 Å². The minimum absolute atomic E-state index is 0.0805. The van der Waals surface area contributed by atoms with Gasteiger partial charge in [-0.3, -0.25) is 4.79 Å². The Balaban J connectivity index is 1.84. The third-order valence-corrected chi connectivity index (χ3v) is 4.03. The van der Waals surface area contributed by atoms with E-state index in [-0.39, 0.29) is 17.1 Å². The number of anilines is 2. The molecule has 0 spiro atoms. The van der Waals surface area contributed by atoms with Gasteiger partial charge in [-0.25, -0.2) is 4.39 Å². The Bertz CT molecular complexity index is 738. The Hall–Kier alpha value is -2.60. The van der Waals surface area contributed by atoms with Crippen LogP contribution in [-0.2, 0) is 4.74 Å². The van der Waals surface area contributed by atoms with Crippen LogP contribution in [0.25, 0.3) is 0 Å². The molecule has 1 heterocycles. The molecule has 1 saturated heterocycles. The number of amides is 1. The summed E-state index contributed by atoms with van der Waals surface area (Å²) in [6.07, 6.45) is 0. The number of halogens is 1. The first-order valence-electron chi connectivity index (χ1n) is 7.78.